The van der Waals surface area contributed by atoms with Gasteiger partial charge in [0.05, 0.1) is 19.8 Å². The third kappa shape index (κ3) is 7.43. The number of carbonyl (C=O) groups is 2. The highest BCUT2D eigenvalue weighted by molar-refractivity contribution is 7.89. The van der Waals surface area contributed by atoms with Crippen molar-refractivity contribution in [3.63, 3.8) is 0 Å². The minimum Gasteiger partial charge on any atom is -0.493 e. The maximum atomic E-state index is 13.8. The number of benzene rings is 2. The number of carbonyl (C=O) groups excluding carboxylic acids is 2. The highest BCUT2D eigenvalue weighted by Gasteiger charge is 2.25. The molecule has 1 atom stereocenters. The monoisotopic (exact) mass is 481 g/mol. The quantitative estimate of drug-likeness (QED) is 0.448. The van der Waals surface area contributed by atoms with E-state index < -0.39 is 38.6 Å². The molecule has 0 heterocycles. The largest absolute Gasteiger partial charge is 0.493 e. The zero-order valence-electron chi connectivity index (χ0n) is 18.8. The van der Waals surface area contributed by atoms with E-state index in [2.05, 4.69) is 29.4 Å². The topological polar surface area (TPSA) is 123 Å². The fraction of sp³-hybridized carbons (Fsp3) is 0.364. The average Bonchev–Trinajstić information content (AvgIpc) is 2.76. The molecule has 3 N–H and O–H groups in total. The van der Waals surface area contributed by atoms with Crippen molar-refractivity contribution in [2.45, 2.75) is 38.1 Å². The fourth-order valence-corrected chi connectivity index (χ4v) is 3.93. The molecular formula is C22H28FN3O6S. The van der Waals surface area contributed by atoms with E-state index in [0.717, 1.165) is 18.6 Å². The van der Waals surface area contributed by atoms with Crippen molar-refractivity contribution in [3.8, 4) is 11.5 Å². The van der Waals surface area contributed by atoms with Gasteiger partial charge < -0.3 is 9.47 Å². The SMILES string of the molecule is COc1cc(C(=O)NNC(=O)[C@H](C)NS(=O)(=O)c2ccccc2F)ccc1OCCC(C)C. The molecular weight excluding hydrogens is 453 g/mol. The molecule has 11 heteroatoms. The number of nitrogens with one attached hydrogen (secondary N) is 3. The second-order valence-corrected chi connectivity index (χ2v) is 9.30. The van der Waals surface area contributed by atoms with Crippen molar-refractivity contribution >= 4 is 21.8 Å². The molecule has 0 aromatic heterocycles. The van der Waals surface area contributed by atoms with Crippen LogP contribution in [0.1, 0.15) is 37.6 Å². The Balaban J connectivity index is 1.96. The zero-order chi connectivity index (χ0) is 24.6. The first-order valence-corrected chi connectivity index (χ1v) is 11.7. The van der Waals surface area contributed by atoms with Gasteiger partial charge in [-0.05, 0) is 49.6 Å². The van der Waals surface area contributed by atoms with Gasteiger partial charge in [0.2, 0.25) is 10.0 Å². The highest BCUT2D eigenvalue weighted by Crippen LogP contribution is 2.28. The lowest BCUT2D eigenvalue weighted by Gasteiger charge is -2.16. The Bertz CT molecular complexity index is 1090. The predicted molar refractivity (Wildman–Crippen MR) is 120 cm³/mol. The van der Waals surface area contributed by atoms with Gasteiger partial charge >= 0.3 is 0 Å². The van der Waals surface area contributed by atoms with Crippen LogP contribution in [-0.2, 0) is 14.8 Å². The van der Waals surface area contributed by atoms with Gasteiger partial charge in [0, 0.05) is 5.56 Å². The van der Waals surface area contributed by atoms with E-state index in [1.165, 1.54) is 38.3 Å². The second-order valence-electron chi connectivity index (χ2n) is 7.61. The minimum absolute atomic E-state index is 0.183. The number of hydrogen-bond donors (Lipinski definition) is 3. The first kappa shape index (κ1) is 26.1. The Morgan fingerprint density at radius 1 is 1.03 bits per heavy atom. The number of amides is 2. The first-order chi connectivity index (χ1) is 15.5. The molecule has 2 rings (SSSR count). The Kier molecular flexibility index (Phi) is 9.18. The first-order valence-electron chi connectivity index (χ1n) is 10.2. The van der Waals surface area contributed by atoms with E-state index >= 15 is 0 Å². The number of methoxy groups -OCH3 is 1. The number of ether oxygens (including phenoxy) is 2. The van der Waals surface area contributed by atoms with Crippen LogP contribution in [-0.4, -0.2) is 40.0 Å². The van der Waals surface area contributed by atoms with Crippen LogP contribution in [0.15, 0.2) is 47.4 Å². The number of halogens is 1. The molecule has 0 aliphatic carbocycles. The minimum atomic E-state index is -4.28. The molecule has 2 amide bonds. The number of hydrazine groups is 1. The highest BCUT2D eigenvalue weighted by atomic mass is 32.2. The molecule has 2 aromatic carbocycles. The maximum absolute atomic E-state index is 13.8. The molecule has 0 unspecified atom stereocenters. The average molecular weight is 482 g/mol. The molecule has 33 heavy (non-hydrogen) atoms. The van der Waals surface area contributed by atoms with E-state index in [4.69, 9.17) is 9.47 Å². The molecule has 0 saturated heterocycles. The number of rotatable bonds is 10. The summed E-state index contributed by atoms with van der Waals surface area (Å²) in [5.74, 6) is -1.14. The van der Waals surface area contributed by atoms with Gasteiger partial charge in [0.15, 0.2) is 11.5 Å². The van der Waals surface area contributed by atoms with Gasteiger partial charge in [-0.1, -0.05) is 26.0 Å². The van der Waals surface area contributed by atoms with E-state index in [9.17, 15) is 22.4 Å². The molecule has 9 nitrogen and oxygen atoms in total. The summed E-state index contributed by atoms with van der Waals surface area (Å²) in [7, 11) is -2.84. The Labute approximate surface area is 192 Å². The van der Waals surface area contributed by atoms with Crippen LogP contribution >= 0.6 is 0 Å². The van der Waals surface area contributed by atoms with Gasteiger partial charge in [-0.3, -0.25) is 20.4 Å². The van der Waals surface area contributed by atoms with Crippen LogP contribution in [0.5, 0.6) is 11.5 Å². The van der Waals surface area contributed by atoms with Gasteiger partial charge in [0.1, 0.15) is 10.7 Å². The van der Waals surface area contributed by atoms with Gasteiger partial charge in [-0.2, -0.15) is 4.72 Å². The van der Waals surface area contributed by atoms with E-state index in [-0.39, 0.29) is 5.56 Å². The van der Waals surface area contributed by atoms with E-state index in [1.807, 2.05) is 0 Å². The van der Waals surface area contributed by atoms with Gasteiger partial charge in [0.25, 0.3) is 11.8 Å². The third-order valence-corrected chi connectivity index (χ3v) is 6.10. The molecule has 0 bridgehead atoms. The van der Waals surface area contributed by atoms with Crippen molar-refractivity contribution in [2.75, 3.05) is 13.7 Å². The molecule has 180 valence electrons. The zero-order valence-corrected chi connectivity index (χ0v) is 19.7. The van der Waals surface area contributed by atoms with Crippen molar-refractivity contribution in [2.24, 2.45) is 5.92 Å². The molecule has 0 fully saturated rings. The molecule has 0 saturated carbocycles. The summed E-state index contributed by atoms with van der Waals surface area (Å²) >= 11 is 0. The maximum Gasteiger partial charge on any atom is 0.269 e. The van der Waals surface area contributed by atoms with Crippen LogP contribution in [0, 0.1) is 11.7 Å². The molecule has 0 radical (unpaired) electrons. The summed E-state index contributed by atoms with van der Waals surface area (Å²) in [5, 5.41) is 0. The predicted octanol–water partition coefficient (Wildman–Crippen LogP) is 2.39. The normalized spacial score (nSPS) is 12.2. The second kappa shape index (κ2) is 11.6. The van der Waals surface area contributed by atoms with E-state index in [0.29, 0.717) is 24.0 Å². The van der Waals surface area contributed by atoms with Gasteiger partial charge in [-0.15, -0.1) is 0 Å². The summed E-state index contributed by atoms with van der Waals surface area (Å²) in [6, 6.07) is 8.02. The van der Waals surface area contributed by atoms with Crippen LogP contribution in [0.3, 0.4) is 0 Å². The lowest BCUT2D eigenvalue weighted by Crippen LogP contribution is -2.51. The van der Waals surface area contributed by atoms with Crippen LogP contribution in [0.4, 0.5) is 4.39 Å². The van der Waals surface area contributed by atoms with Crippen molar-refractivity contribution < 1.29 is 31.9 Å². The van der Waals surface area contributed by atoms with Crippen LogP contribution < -0.4 is 25.0 Å². The summed E-state index contributed by atoms with van der Waals surface area (Å²) in [5.41, 5.74) is 4.52. The Morgan fingerprint density at radius 2 is 1.73 bits per heavy atom. The van der Waals surface area contributed by atoms with Crippen molar-refractivity contribution in [1.29, 1.82) is 0 Å². The number of sulfonamides is 1. The van der Waals surface area contributed by atoms with Crippen LogP contribution in [0.25, 0.3) is 0 Å². The third-order valence-electron chi connectivity index (χ3n) is 4.53. The van der Waals surface area contributed by atoms with E-state index in [1.54, 1.807) is 6.07 Å². The van der Waals surface area contributed by atoms with Gasteiger partial charge in [-0.25, -0.2) is 12.8 Å². The molecule has 0 aliphatic heterocycles. The summed E-state index contributed by atoms with van der Waals surface area (Å²) in [6.45, 7) is 5.91. The smallest absolute Gasteiger partial charge is 0.269 e. The van der Waals surface area contributed by atoms with Crippen molar-refractivity contribution in [3.05, 3.63) is 53.8 Å². The summed E-state index contributed by atoms with van der Waals surface area (Å²) < 4.78 is 51.4. The lowest BCUT2D eigenvalue weighted by atomic mass is 10.1. The fourth-order valence-electron chi connectivity index (χ4n) is 2.64. The Hall–Kier alpha value is -3.18. The summed E-state index contributed by atoms with van der Waals surface area (Å²) in [4.78, 5) is 24.0. The standard InChI is InChI=1S/C22H28FN3O6S/c1-14(2)11-12-32-18-10-9-16(13-19(18)31-4)22(28)25-24-21(27)15(3)26-33(29,30)20-8-6-5-7-17(20)23/h5-10,13-15,26H,11-12H2,1-4H3,(H,24,27)(H,25,28)/t15-/m0/s1. The molecule has 0 aliphatic rings. The number of hydrogen-bond acceptors (Lipinski definition) is 6. The molecule has 0 spiro atoms. The van der Waals surface area contributed by atoms with Crippen molar-refractivity contribution in [1.82, 2.24) is 15.6 Å². The lowest BCUT2D eigenvalue weighted by molar-refractivity contribution is -0.123. The Morgan fingerprint density at radius 3 is 2.36 bits per heavy atom. The molecule has 2 aromatic rings. The van der Waals surface area contributed by atoms with Crippen LogP contribution in [0.2, 0.25) is 0 Å². The summed E-state index contributed by atoms with van der Waals surface area (Å²) in [6.07, 6.45) is 0.857.